The van der Waals surface area contributed by atoms with E-state index in [1.807, 2.05) is 0 Å². The van der Waals surface area contributed by atoms with Crippen molar-refractivity contribution in [3.05, 3.63) is 0 Å². The second kappa shape index (κ2) is 4.58. The molecule has 1 aliphatic carbocycles. The summed E-state index contributed by atoms with van der Waals surface area (Å²) in [6.07, 6.45) is 5.28. The minimum Gasteiger partial charge on any atom is -0.392 e. The van der Waals surface area contributed by atoms with E-state index in [-0.39, 0.29) is 11.3 Å². The maximum atomic E-state index is 12.4. The van der Waals surface area contributed by atoms with Crippen molar-refractivity contribution in [1.82, 2.24) is 4.31 Å². The van der Waals surface area contributed by atoms with Crippen LogP contribution in [-0.4, -0.2) is 35.5 Å². The molecule has 1 saturated carbocycles. The van der Waals surface area contributed by atoms with Gasteiger partial charge in [0.1, 0.15) is 0 Å². The Morgan fingerprint density at radius 1 is 1.19 bits per heavy atom. The molecule has 1 unspecified atom stereocenters. The first-order valence-corrected chi connectivity index (χ1v) is 7.74. The smallest absolute Gasteiger partial charge is 0.217 e. The molecule has 2 aliphatic rings. The molecule has 2 fully saturated rings. The second-order valence-corrected chi connectivity index (χ2v) is 7.26. The van der Waals surface area contributed by atoms with Gasteiger partial charge < -0.3 is 5.73 Å². The van der Waals surface area contributed by atoms with Crippen LogP contribution in [0.4, 0.5) is 0 Å². The summed E-state index contributed by atoms with van der Waals surface area (Å²) in [5, 5.41) is -0.192. The van der Waals surface area contributed by atoms with E-state index >= 15 is 0 Å². The van der Waals surface area contributed by atoms with Crippen molar-refractivity contribution in [2.75, 3.05) is 6.54 Å². The fraction of sp³-hybridized carbons (Fsp3) is 0.900. The van der Waals surface area contributed by atoms with E-state index in [0.29, 0.717) is 11.5 Å². The monoisotopic (exact) mass is 262 g/mol. The van der Waals surface area contributed by atoms with Gasteiger partial charge in [-0.1, -0.05) is 25.1 Å². The fourth-order valence-corrected chi connectivity index (χ4v) is 5.29. The highest BCUT2D eigenvalue weighted by atomic mass is 32.2. The molecule has 6 heteroatoms. The van der Waals surface area contributed by atoms with Crippen molar-refractivity contribution in [1.29, 1.82) is 0 Å². The van der Waals surface area contributed by atoms with Gasteiger partial charge >= 0.3 is 0 Å². The lowest BCUT2D eigenvalue weighted by molar-refractivity contribution is 0.436. The van der Waals surface area contributed by atoms with Crippen LogP contribution in [0.3, 0.4) is 0 Å². The van der Waals surface area contributed by atoms with Crippen LogP contribution in [0.1, 0.15) is 38.5 Å². The Labute approximate surface area is 102 Å². The van der Waals surface area contributed by atoms with E-state index in [4.69, 9.17) is 18.0 Å². The lowest BCUT2D eigenvalue weighted by Gasteiger charge is -2.26. The number of nitrogens with zero attached hydrogens (tertiary/aromatic N) is 1. The Hall–Kier alpha value is -0.200. The maximum Gasteiger partial charge on any atom is 0.217 e. The highest BCUT2D eigenvalue weighted by Gasteiger charge is 2.41. The zero-order valence-corrected chi connectivity index (χ0v) is 10.9. The molecular formula is C10H18N2O2S2. The predicted octanol–water partition coefficient (Wildman–Crippen LogP) is 1.01. The summed E-state index contributed by atoms with van der Waals surface area (Å²) in [7, 11) is -3.17. The summed E-state index contributed by atoms with van der Waals surface area (Å²) in [6.45, 7) is 0.584. The Morgan fingerprint density at radius 2 is 1.81 bits per heavy atom. The molecule has 92 valence electrons. The SMILES string of the molecule is NC(=S)C1CCCN1S(=O)(=O)C1CCCC1. The van der Waals surface area contributed by atoms with Crippen molar-refractivity contribution in [3.63, 3.8) is 0 Å². The van der Waals surface area contributed by atoms with Gasteiger partial charge in [0, 0.05) is 6.54 Å². The Bertz CT molecular complexity index is 374. The van der Waals surface area contributed by atoms with Crippen LogP contribution in [0, 0.1) is 0 Å². The third kappa shape index (κ3) is 2.10. The third-order valence-electron chi connectivity index (χ3n) is 3.58. The number of nitrogens with two attached hydrogens (primary N) is 1. The van der Waals surface area contributed by atoms with Gasteiger partial charge in [0.25, 0.3) is 0 Å². The number of hydrogen-bond donors (Lipinski definition) is 1. The van der Waals surface area contributed by atoms with Crippen LogP contribution >= 0.6 is 12.2 Å². The molecule has 1 atom stereocenters. The maximum absolute atomic E-state index is 12.4. The molecule has 1 aliphatic heterocycles. The highest BCUT2D eigenvalue weighted by Crippen LogP contribution is 2.31. The number of thiocarbonyl (C=S) groups is 1. The predicted molar refractivity (Wildman–Crippen MR) is 67.7 cm³/mol. The molecule has 0 spiro atoms. The van der Waals surface area contributed by atoms with E-state index in [2.05, 4.69) is 0 Å². The van der Waals surface area contributed by atoms with Gasteiger partial charge in [-0.3, -0.25) is 0 Å². The van der Waals surface area contributed by atoms with E-state index < -0.39 is 10.0 Å². The fourth-order valence-electron chi connectivity index (χ4n) is 2.71. The normalized spacial score (nSPS) is 28.6. The molecule has 0 radical (unpaired) electrons. The van der Waals surface area contributed by atoms with Crippen LogP contribution in [-0.2, 0) is 10.0 Å². The largest absolute Gasteiger partial charge is 0.392 e. The third-order valence-corrected chi connectivity index (χ3v) is 6.26. The van der Waals surface area contributed by atoms with Gasteiger partial charge in [0.2, 0.25) is 10.0 Å². The van der Waals surface area contributed by atoms with E-state index in [1.165, 1.54) is 0 Å². The lowest BCUT2D eigenvalue weighted by Crippen LogP contribution is -2.46. The molecule has 0 bridgehead atoms. The van der Waals surface area contributed by atoms with Gasteiger partial charge in [-0.05, 0) is 25.7 Å². The first-order chi connectivity index (χ1) is 7.53. The van der Waals surface area contributed by atoms with Crippen LogP contribution in [0.15, 0.2) is 0 Å². The minimum atomic E-state index is -3.17. The van der Waals surface area contributed by atoms with E-state index in [1.54, 1.807) is 4.31 Å². The highest BCUT2D eigenvalue weighted by molar-refractivity contribution is 7.89. The van der Waals surface area contributed by atoms with Gasteiger partial charge in [0.15, 0.2) is 0 Å². The van der Waals surface area contributed by atoms with Crippen molar-refractivity contribution < 1.29 is 8.42 Å². The zero-order chi connectivity index (χ0) is 11.8. The van der Waals surface area contributed by atoms with Gasteiger partial charge in [-0.2, -0.15) is 4.31 Å². The van der Waals surface area contributed by atoms with E-state index in [9.17, 15) is 8.42 Å². The average molecular weight is 262 g/mol. The van der Waals surface area contributed by atoms with Crippen LogP contribution in [0.5, 0.6) is 0 Å². The number of sulfonamides is 1. The van der Waals surface area contributed by atoms with Crippen molar-refractivity contribution in [2.24, 2.45) is 5.73 Å². The first kappa shape index (κ1) is 12.3. The van der Waals surface area contributed by atoms with Crippen molar-refractivity contribution in [3.8, 4) is 0 Å². The van der Waals surface area contributed by atoms with Gasteiger partial charge in [-0.25, -0.2) is 8.42 Å². The molecule has 16 heavy (non-hydrogen) atoms. The molecule has 1 heterocycles. The summed E-state index contributed by atoms with van der Waals surface area (Å²) in [5.41, 5.74) is 5.61. The summed E-state index contributed by atoms with van der Waals surface area (Å²) in [4.78, 5) is 0.319. The molecule has 0 aromatic carbocycles. The first-order valence-electron chi connectivity index (χ1n) is 5.83. The molecule has 0 amide bonds. The molecule has 2 rings (SSSR count). The minimum absolute atomic E-state index is 0.192. The molecule has 0 aromatic rings. The number of hydrogen-bond acceptors (Lipinski definition) is 3. The van der Waals surface area contributed by atoms with Crippen LogP contribution in [0.2, 0.25) is 0 Å². The standard InChI is InChI=1S/C10H18N2O2S2/c11-10(15)9-6-3-7-12(9)16(13,14)8-4-1-2-5-8/h8-9H,1-7H2,(H2,11,15). The molecular weight excluding hydrogens is 244 g/mol. The van der Waals surface area contributed by atoms with Crippen molar-refractivity contribution in [2.45, 2.75) is 49.8 Å². The average Bonchev–Trinajstić information content (AvgIpc) is 2.89. The van der Waals surface area contributed by atoms with Crippen LogP contribution in [0.25, 0.3) is 0 Å². The Kier molecular flexibility index (Phi) is 3.51. The molecule has 1 saturated heterocycles. The van der Waals surface area contributed by atoms with E-state index in [0.717, 1.165) is 38.5 Å². The lowest BCUT2D eigenvalue weighted by atomic mass is 10.2. The molecule has 4 nitrogen and oxygen atoms in total. The summed E-state index contributed by atoms with van der Waals surface area (Å²) in [5.74, 6) is 0. The quantitative estimate of drug-likeness (QED) is 0.771. The molecule has 2 N–H and O–H groups in total. The Morgan fingerprint density at radius 3 is 2.38 bits per heavy atom. The zero-order valence-electron chi connectivity index (χ0n) is 9.26. The summed E-state index contributed by atoms with van der Waals surface area (Å²) in [6, 6.07) is -0.236. The van der Waals surface area contributed by atoms with Crippen molar-refractivity contribution >= 4 is 27.2 Å². The second-order valence-electron chi connectivity index (χ2n) is 4.62. The summed E-state index contributed by atoms with van der Waals surface area (Å²) >= 11 is 4.95. The molecule has 0 aromatic heterocycles. The Balaban J connectivity index is 2.19. The topological polar surface area (TPSA) is 63.4 Å². The number of rotatable bonds is 3. The van der Waals surface area contributed by atoms with Crippen LogP contribution < -0.4 is 5.73 Å². The summed E-state index contributed by atoms with van der Waals surface area (Å²) < 4.78 is 26.3. The van der Waals surface area contributed by atoms with Gasteiger partial charge in [0.05, 0.1) is 16.3 Å². The van der Waals surface area contributed by atoms with Gasteiger partial charge in [-0.15, -0.1) is 0 Å².